The Kier molecular flexibility index (Phi) is 1.44. The molecule has 2 N–H and O–H groups in total. The van der Waals surface area contributed by atoms with Crippen LogP contribution in [0.2, 0.25) is 0 Å². The minimum Gasteiger partial charge on any atom is -0.390 e. The molecule has 0 radical (unpaired) electrons. The predicted octanol–water partition coefficient (Wildman–Crippen LogP) is 1.70. The Balaban J connectivity index is 2.06. The molecule has 0 heterocycles. The van der Waals surface area contributed by atoms with Crippen molar-refractivity contribution in [2.75, 3.05) is 0 Å². The third kappa shape index (κ3) is 0.892. The first-order chi connectivity index (χ1) is 6.35. The van der Waals surface area contributed by atoms with Crippen LogP contribution in [0.1, 0.15) is 46.0 Å². The van der Waals surface area contributed by atoms with Crippen LogP contribution in [-0.2, 0) is 0 Å². The number of aliphatic hydroxyl groups is 2. The van der Waals surface area contributed by atoms with E-state index in [1.54, 1.807) is 0 Å². The first kappa shape index (κ1) is 9.17. The summed E-state index contributed by atoms with van der Waals surface area (Å²) < 4.78 is 0. The fourth-order valence-electron chi connectivity index (χ4n) is 4.69. The number of hydrogen-bond donors (Lipinski definition) is 2. The van der Waals surface area contributed by atoms with Gasteiger partial charge in [-0.05, 0) is 56.3 Å². The van der Waals surface area contributed by atoms with Gasteiger partial charge in [0.15, 0.2) is 0 Å². The summed E-state index contributed by atoms with van der Waals surface area (Å²) in [6.45, 7) is 4.15. The summed E-state index contributed by atoms with van der Waals surface area (Å²) in [4.78, 5) is 0. The molecule has 0 aromatic rings. The van der Waals surface area contributed by atoms with Crippen LogP contribution in [0.5, 0.6) is 0 Å². The molecule has 0 spiro atoms. The average molecular weight is 196 g/mol. The molecule has 14 heavy (non-hydrogen) atoms. The van der Waals surface area contributed by atoms with Crippen LogP contribution < -0.4 is 0 Å². The van der Waals surface area contributed by atoms with Crippen molar-refractivity contribution in [3.8, 4) is 0 Å². The van der Waals surface area contributed by atoms with Gasteiger partial charge in [-0.2, -0.15) is 0 Å². The van der Waals surface area contributed by atoms with Crippen molar-refractivity contribution in [1.82, 2.24) is 0 Å². The summed E-state index contributed by atoms with van der Waals surface area (Å²) >= 11 is 0. The Morgan fingerprint density at radius 1 is 1.07 bits per heavy atom. The highest BCUT2D eigenvalue weighted by Gasteiger charge is 2.64. The van der Waals surface area contributed by atoms with E-state index in [0.717, 1.165) is 32.1 Å². The molecule has 80 valence electrons. The molecule has 0 aromatic heterocycles. The summed E-state index contributed by atoms with van der Waals surface area (Å²) in [5.74, 6) is 0.997. The maximum absolute atomic E-state index is 10.6. The van der Waals surface area contributed by atoms with Crippen LogP contribution in [0, 0.1) is 17.3 Å². The average Bonchev–Trinajstić information content (AvgIpc) is 1.96. The molecule has 4 rings (SSSR count). The standard InChI is InChI=1S/C12H20O2/c1-10-4-8-3-9(11(10,2)13)6-12(14,5-8)7-10/h8-9,13-14H,3-7H2,1-2H3/t8?,9?,10?,11-,12?/m1/s1. The van der Waals surface area contributed by atoms with Gasteiger partial charge in [0.05, 0.1) is 11.2 Å². The number of rotatable bonds is 0. The second kappa shape index (κ2) is 2.19. The minimum atomic E-state index is -0.545. The minimum absolute atomic E-state index is 0.0359. The molecule has 0 amide bonds. The van der Waals surface area contributed by atoms with Gasteiger partial charge in [0, 0.05) is 0 Å². The Bertz CT molecular complexity index is 286. The van der Waals surface area contributed by atoms with Crippen molar-refractivity contribution in [3.63, 3.8) is 0 Å². The van der Waals surface area contributed by atoms with Gasteiger partial charge in [0.25, 0.3) is 0 Å². The van der Waals surface area contributed by atoms with Crippen molar-refractivity contribution in [3.05, 3.63) is 0 Å². The fraction of sp³-hybridized carbons (Fsp3) is 1.00. The monoisotopic (exact) mass is 196 g/mol. The largest absolute Gasteiger partial charge is 0.390 e. The normalized spacial score (nSPS) is 66.0. The van der Waals surface area contributed by atoms with Crippen LogP contribution in [0.4, 0.5) is 0 Å². The first-order valence-corrected chi connectivity index (χ1v) is 5.79. The maximum atomic E-state index is 10.6. The lowest BCUT2D eigenvalue weighted by atomic mass is 9.43. The van der Waals surface area contributed by atoms with E-state index >= 15 is 0 Å². The van der Waals surface area contributed by atoms with Crippen LogP contribution in [0.15, 0.2) is 0 Å². The second-order valence-corrected chi connectivity index (χ2v) is 6.52. The molecule has 4 aliphatic rings. The van der Waals surface area contributed by atoms with E-state index in [2.05, 4.69) is 6.92 Å². The molecule has 2 nitrogen and oxygen atoms in total. The van der Waals surface area contributed by atoms with E-state index in [4.69, 9.17) is 0 Å². The quantitative estimate of drug-likeness (QED) is 0.619. The van der Waals surface area contributed by atoms with E-state index in [1.165, 1.54) is 0 Å². The van der Waals surface area contributed by atoms with Crippen LogP contribution in [-0.4, -0.2) is 21.4 Å². The summed E-state index contributed by atoms with van der Waals surface area (Å²) in [5, 5.41) is 20.9. The van der Waals surface area contributed by atoms with Gasteiger partial charge in [-0.3, -0.25) is 0 Å². The molecular formula is C12H20O2. The zero-order valence-corrected chi connectivity index (χ0v) is 9.08. The smallest absolute Gasteiger partial charge is 0.0703 e. The van der Waals surface area contributed by atoms with Crippen LogP contribution >= 0.6 is 0 Å². The Hall–Kier alpha value is -0.0800. The first-order valence-electron chi connectivity index (χ1n) is 5.79. The van der Waals surface area contributed by atoms with Crippen molar-refractivity contribution >= 4 is 0 Å². The van der Waals surface area contributed by atoms with E-state index in [1.807, 2.05) is 6.92 Å². The highest BCUT2D eigenvalue weighted by molar-refractivity contribution is 5.15. The highest BCUT2D eigenvalue weighted by atomic mass is 16.3. The van der Waals surface area contributed by atoms with Gasteiger partial charge in [0.2, 0.25) is 0 Å². The lowest BCUT2D eigenvalue weighted by Crippen LogP contribution is -2.67. The van der Waals surface area contributed by atoms with Crippen molar-refractivity contribution < 1.29 is 10.2 Å². The SMILES string of the molecule is CC12CC3CC(CC(O)(C3)C1)[C@@]2(C)O. The lowest BCUT2D eigenvalue weighted by Gasteiger charge is -2.66. The highest BCUT2D eigenvalue weighted by Crippen LogP contribution is 2.65. The summed E-state index contributed by atoms with van der Waals surface area (Å²) in [6.07, 6.45) is 4.85. The van der Waals surface area contributed by atoms with Crippen molar-refractivity contribution in [1.29, 1.82) is 0 Å². The maximum Gasteiger partial charge on any atom is 0.0703 e. The molecule has 0 aliphatic heterocycles. The van der Waals surface area contributed by atoms with Gasteiger partial charge in [-0.15, -0.1) is 0 Å². The molecule has 4 unspecified atom stereocenters. The van der Waals surface area contributed by atoms with E-state index in [9.17, 15) is 10.2 Å². The predicted molar refractivity (Wildman–Crippen MR) is 53.7 cm³/mol. The molecule has 0 saturated heterocycles. The van der Waals surface area contributed by atoms with Gasteiger partial charge >= 0.3 is 0 Å². The van der Waals surface area contributed by atoms with Gasteiger partial charge in [-0.1, -0.05) is 6.92 Å². The molecule has 5 atom stereocenters. The fourth-order valence-corrected chi connectivity index (χ4v) is 4.69. The molecular weight excluding hydrogens is 176 g/mol. The molecule has 4 bridgehead atoms. The molecule has 0 aromatic carbocycles. The Morgan fingerprint density at radius 2 is 1.79 bits per heavy atom. The van der Waals surface area contributed by atoms with Crippen LogP contribution in [0.3, 0.4) is 0 Å². The Morgan fingerprint density at radius 3 is 2.36 bits per heavy atom. The third-order valence-corrected chi connectivity index (χ3v) is 5.39. The van der Waals surface area contributed by atoms with E-state index in [0.29, 0.717) is 11.8 Å². The lowest BCUT2D eigenvalue weighted by molar-refractivity contribution is -0.259. The number of hydrogen-bond acceptors (Lipinski definition) is 2. The Labute approximate surface area is 85.3 Å². The van der Waals surface area contributed by atoms with Crippen LogP contribution in [0.25, 0.3) is 0 Å². The molecule has 2 heteroatoms. The topological polar surface area (TPSA) is 40.5 Å². The van der Waals surface area contributed by atoms with Gasteiger partial charge in [-0.25, -0.2) is 0 Å². The van der Waals surface area contributed by atoms with Gasteiger partial charge < -0.3 is 10.2 Å². The summed E-state index contributed by atoms with van der Waals surface area (Å²) in [5.41, 5.74) is -1.02. The van der Waals surface area contributed by atoms with E-state index in [-0.39, 0.29) is 5.41 Å². The molecule has 4 fully saturated rings. The zero-order chi connectivity index (χ0) is 10.2. The third-order valence-electron chi connectivity index (χ3n) is 5.39. The van der Waals surface area contributed by atoms with E-state index < -0.39 is 11.2 Å². The zero-order valence-electron chi connectivity index (χ0n) is 9.08. The summed E-state index contributed by atoms with van der Waals surface area (Å²) in [6, 6.07) is 0. The van der Waals surface area contributed by atoms with Gasteiger partial charge in [0.1, 0.15) is 0 Å². The summed E-state index contributed by atoms with van der Waals surface area (Å²) in [7, 11) is 0. The molecule has 4 saturated carbocycles. The second-order valence-electron chi connectivity index (χ2n) is 6.52. The van der Waals surface area contributed by atoms with Crippen molar-refractivity contribution in [2.45, 2.75) is 57.2 Å². The van der Waals surface area contributed by atoms with Crippen molar-refractivity contribution in [2.24, 2.45) is 17.3 Å². The molecule has 4 aliphatic carbocycles.